The van der Waals surface area contributed by atoms with Gasteiger partial charge in [-0.3, -0.25) is 4.79 Å². The maximum absolute atomic E-state index is 12.7. The molecule has 1 aliphatic rings. The summed E-state index contributed by atoms with van der Waals surface area (Å²) in [5.74, 6) is -4.23. The number of nitrogens with zero attached hydrogens (tertiary/aromatic N) is 1. The molecule has 1 aliphatic heterocycles. The Morgan fingerprint density at radius 3 is 2.24 bits per heavy atom. The fourth-order valence-corrected chi connectivity index (χ4v) is 4.25. The van der Waals surface area contributed by atoms with Crippen molar-refractivity contribution >= 4 is 33.1 Å². The molecule has 0 aliphatic carbocycles. The van der Waals surface area contributed by atoms with Crippen molar-refractivity contribution in [2.24, 2.45) is 0 Å². The van der Waals surface area contributed by atoms with E-state index in [2.05, 4.69) is 10.2 Å². The summed E-state index contributed by atoms with van der Waals surface area (Å²) >= 11 is 0. The lowest BCUT2D eigenvalue weighted by Gasteiger charge is -2.31. The Kier molecular flexibility index (Phi) is 9.64. The van der Waals surface area contributed by atoms with Crippen molar-refractivity contribution in [3.8, 4) is 11.5 Å². The first-order valence-corrected chi connectivity index (χ1v) is 13.1. The molecule has 0 spiro atoms. The first-order chi connectivity index (χ1) is 17.7. The van der Waals surface area contributed by atoms with Crippen LogP contribution in [-0.2, 0) is 24.1 Å². The predicted octanol–water partition coefficient (Wildman–Crippen LogP) is 3.11. The van der Waals surface area contributed by atoms with Crippen LogP contribution in [0.3, 0.4) is 0 Å². The number of benzene rings is 2. The molecule has 3 rings (SSSR count). The average Bonchev–Trinajstić information content (AvgIpc) is 2.89. The summed E-state index contributed by atoms with van der Waals surface area (Å²) in [6.07, 6.45) is 0. The van der Waals surface area contributed by atoms with Crippen LogP contribution in [0, 0.1) is 0 Å². The normalized spacial score (nSPS) is 13.8. The van der Waals surface area contributed by atoms with Gasteiger partial charge in [0.1, 0.15) is 11.5 Å². The van der Waals surface area contributed by atoms with Gasteiger partial charge < -0.3 is 29.2 Å². The largest absolute Gasteiger partial charge is 0.492 e. The molecule has 37 heavy (non-hydrogen) atoms. The number of halogens is 2. The molecule has 2 aromatic rings. The van der Waals surface area contributed by atoms with Gasteiger partial charge in [-0.2, -0.15) is 8.78 Å². The number of ether oxygens (including phenoxy) is 4. The molecule has 10 nitrogen and oxygen atoms in total. The molecule has 0 unspecified atom stereocenters. The van der Waals surface area contributed by atoms with E-state index in [0.717, 1.165) is 30.0 Å². The molecule has 1 saturated heterocycles. The highest BCUT2D eigenvalue weighted by atomic mass is 32.2. The number of anilines is 2. The summed E-state index contributed by atoms with van der Waals surface area (Å²) in [4.78, 5) is 26.3. The van der Waals surface area contributed by atoms with E-state index in [4.69, 9.17) is 18.9 Å². The van der Waals surface area contributed by atoms with E-state index in [1.807, 2.05) is 6.92 Å². The highest BCUT2D eigenvalue weighted by Crippen LogP contribution is 2.39. The number of amides is 1. The SMILES string of the molecule is CCOc1cc(N2CCOCC2)c(OCC)cc1NC(=O)COC(=O)c1ccc(S(=O)(=O)C(F)F)cc1. The zero-order valence-corrected chi connectivity index (χ0v) is 21.2. The van der Waals surface area contributed by atoms with E-state index in [9.17, 15) is 26.8 Å². The Balaban J connectivity index is 1.70. The molecule has 2 aromatic carbocycles. The van der Waals surface area contributed by atoms with Gasteiger partial charge in [-0.25, -0.2) is 13.2 Å². The van der Waals surface area contributed by atoms with E-state index in [-0.39, 0.29) is 5.56 Å². The molecule has 13 heteroatoms. The standard InChI is InChI=1S/C24H28F2N2O8S/c1-3-34-20-14-19(28-9-11-33-12-10-28)21(35-4-2)13-18(20)27-22(29)15-36-23(30)16-5-7-17(8-6-16)37(31,32)24(25)26/h5-8,13-14,24H,3-4,9-12,15H2,1-2H3,(H,27,29). The maximum atomic E-state index is 12.7. The van der Waals surface area contributed by atoms with Gasteiger partial charge in [-0.1, -0.05) is 0 Å². The molecule has 1 fully saturated rings. The van der Waals surface area contributed by atoms with Crippen molar-refractivity contribution < 1.29 is 45.7 Å². The van der Waals surface area contributed by atoms with Gasteiger partial charge in [0.25, 0.3) is 5.91 Å². The summed E-state index contributed by atoms with van der Waals surface area (Å²) in [5, 5.41) is 2.65. The van der Waals surface area contributed by atoms with Gasteiger partial charge >= 0.3 is 11.7 Å². The Morgan fingerprint density at radius 2 is 1.65 bits per heavy atom. The zero-order valence-electron chi connectivity index (χ0n) is 20.4. The molecular weight excluding hydrogens is 514 g/mol. The number of morpholine rings is 1. The van der Waals surface area contributed by atoms with Gasteiger partial charge in [0.05, 0.1) is 48.3 Å². The van der Waals surface area contributed by atoms with Crippen LogP contribution in [0.25, 0.3) is 0 Å². The van der Waals surface area contributed by atoms with E-state index in [0.29, 0.717) is 56.7 Å². The number of alkyl halides is 2. The number of rotatable bonds is 11. The summed E-state index contributed by atoms with van der Waals surface area (Å²) in [5.41, 5.74) is 1.02. The van der Waals surface area contributed by atoms with Crippen molar-refractivity contribution in [2.45, 2.75) is 24.5 Å². The predicted molar refractivity (Wildman–Crippen MR) is 130 cm³/mol. The average molecular weight is 543 g/mol. The van der Waals surface area contributed by atoms with Crippen LogP contribution >= 0.6 is 0 Å². The second kappa shape index (κ2) is 12.7. The van der Waals surface area contributed by atoms with Crippen molar-refractivity contribution in [2.75, 3.05) is 56.3 Å². The fourth-order valence-electron chi connectivity index (χ4n) is 3.53. The minimum atomic E-state index is -4.79. The first kappa shape index (κ1) is 28.1. The van der Waals surface area contributed by atoms with Crippen LogP contribution in [0.2, 0.25) is 0 Å². The van der Waals surface area contributed by atoms with Crippen LogP contribution < -0.4 is 19.7 Å². The molecule has 1 amide bonds. The van der Waals surface area contributed by atoms with Gasteiger partial charge in [-0.05, 0) is 38.1 Å². The molecular formula is C24H28F2N2O8S. The Bertz CT molecular complexity index is 1200. The summed E-state index contributed by atoms with van der Waals surface area (Å²) in [7, 11) is -4.79. The van der Waals surface area contributed by atoms with Crippen LogP contribution in [0.15, 0.2) is 41.3 Å². The number of carbonyl (C=O) groups is 2. The molecule has 202 valence electrons. The van der Waals surface area contributed by atoms with Crippen molar-refractivity contribution in [3.63, 3.8) is 0 Å². The highest BCUT2D eigenvalue weighted by Gasteiger charge is 2.27. The molecule has 0 radical (unpaired) electrons. The van der Waals surface area contributed by atoms with Crippen LogP contribution in [-0.4, -0.2) is 72.2 Å². The molecule has 0 atom stereocenters. The Morgan fingerprint density at radius 1 is 1.03 bits per heavy atom. The fraction of sp³-hybridized carbons (Fsp3) is 0.417. The molecule has 1 heterocycles. The molecule has 0 aromatic heterocycles. The van der Waals surface area contributed by atoms with Crippen LogP contribution in [0.1, 0.15) is 24.2 Å². The van der Waals surface area contributed by atoms with Gasteiger partial charge in [0.15, 0.2) is 6.61 Å². The monoisotopic (exact) mass is 542 g/mol. The number of esters is 1. The van der Waals surface area contributed by atoms with E-state index >= 15 is 0 Å². The van der Waals surface area contributed by atoms with Crippen LogP contribution in [0.5, 0.6) is 11.5 Å². The number of hydrogen-bond donors (Lipinski definition) is 1. The quantitative estimate of drug-likeness (QED) is 0.427. The zero-order chi connectivity index (χ0) is 27.0. The van der Waals surface area contributed by atoms with Crippen molar-refractivity contribution in [1.82, 2.24) is 0 Å². The molecule has 1 N–H and O–H groups in total. The van der Waals surface area contributed by atoms with Crippen molar-refractivity contribution in [1.29, 1.82) is 0 Å². The van der Waals surface area contributed by atoms with Gasteiger partial charge in [0, 0.05) is 25.2 Å². The first-order valence-electron chi connectivity index (χ1n) is 11.5. The molecule has 0 bridgehead atoms. The lowest BCUT2D eigenvalue weighted by Crippen LogP contribution is -2.36. The minimum Gasteiger partial charge on any atom is -0.492 e. The van der Waals surface area contributed by atoms with E-state index in [1.165, 1.54) is 0 Å². The number of carbonyl (C=O) groups excluding carboxylic acids is 2. The Hall–Kier alpha value is -3.45. The molecule has 0 saturated carbocycles. The number of nitrogens with one attached hydrogen (secondary N) is 1. The summed E-state index contributed by atoms with van der Waals surface area (Å²) < 4.78 is 70.2. The second-order valence-corrected chi connectivity index (χ2v) is 9.65. The van der Waals surface area contributed by atoms with Gasteiger partial charge in [0.2, 0.25) is 9.84 Å². The van der Waals surface area contributed by atoms with E-state index in [1.54, 1.807) is 19.1 Å². The van der Waals surface area contributed by atoms with E-state index < -0.39 is 39.0 Å². The van der Waals surface area contributed by atoms with Crippen molar-refractivity contribution in [3.05, 3.63) is 42.0 Å². The van der Waals surface area contributed by atoms with Crippen LogP contribution in [0.4, 0.5) is 20.2 Å². The number of sulfone groups is 1. The lowest BCUT2D eigenvalue weighted by molar-refractivity contribution is -0.119. The highest BCUT2D eigenvalue weighted by molar-refractivity contribution is 7.91. The summed E-state index contributed by atoms with van der Waals surface area (Å²) in [6.45, 7) is 6.21. The third-order valence-corrected chi connectivity index (χ3v) is 6.67. The third kappa shape index (κ3) is 7.07. The van der Waals surface area contributed by atoms with Gasteiger partial charge in [-0.15, -0.1) is 0 Å². The lowest BCUT2D eigenvalue weighted by atomic mass is 10.2. The smallest absolute Gasteiger partial charge is 0.341 e. The topological polar surface area (TPSA) is 120 Å². The maximum Gasteiger partial charge on any atom is 0.341 e. The summed E-state index contributed by atoms with van der Waals surface area (Å²) in [6, 6.07) is 7.22. The second-order valence-electron chi connectivity index (χ2n) is 7.74. The third-order valence-electron chi connectivity index (χ3n) is 5.27. The Labute approximate surface area is 213 Å². The number of hydrogen-bond acceptors (Lipinski definition) is 9. The minimum absolute atomic E-state index is 0.107.